The maximum absolute atomic E-state index is 13.6. The molecule has 1 aromatic heterocycles. The van der Waals surface area contributed by atoms with Crippen LogP contribution in [0, 0.1) is 0 Å². The maximum Gasteiger partial charge on any atom is 0.335 e. The van der Waals surface area contributed by atoms with Gasteiger partial charge in [-0.3, -0.25) is 4.79 Å². The number of esters is 1. The minimum Gasteiger partial charge on any atom is -0.423 e. The van der Waals surface area contributed by atoms with E-state index in [1.807, 2.05) is 0 Å². The first-order valence-electron chi connectivity index (χ1n) is 9.99. The predicted molar refractivity (Wildman–Crippen MR) is 121 cm³/mol. The molecule has 0 bridgehead atoms. The molecule has 9 nitrogen and oxygen atoms in total. The van der Waals surface area contributed by atoms with Crippen molar-refractivity contribution < 1.29 is 17.9 Å². The fraction of sp³-hybridized carbons (Fsp3) is 0.0870. The number of hydrogen-bond donors (Lipinski definition) is 1. The summed E-state index contributed by atoms with van der Waals surface area (Å²) in [6.45, 7) is 1.43. The number of nitrogens with one attached hydrogen (secondary N) is 1. The quantitative estimate of drug-likeness (QED) is 0.368. The standard InChI is InChI=1S/C23H17N3O6S/c1-14-22(28)32-20-12-5-4-11-19(20)26(14)33(30,31)16-8-6-7-15(13-16)25-21(27)17-9-2-3-10-18(17)24-23(25)29/h2-14H,1H3,(H,24,29). The summed E-state index contributed by atoms with van der Waals surface area (Å²) in [5, 5.41) is 0.284. The number of aromatic nitrogens is 2. The largest absolute Gasteiger partial charge is 0.423 e. The normalized spacial score (nSPS) is 15.8. The summed E-state index contributed by atoms with van der Waals surface area (Å²) in [4.78, 5) is 40.4. The van der Waals surface area contributed by atoms with Crippen LogP contribution in [0.3, 0.4) is 0 Å². The van der Waals surface area contributed by atoms with Gasteiger partial charge >= 0.3 is 11.7 Å². The van der Waals surface area contributed by atoms with Crippen LogP contribution in [0.4, 0.5) is 5.69 Å². The molecule has 5 rings (SSSR count). The average Bonchev–Trinajstić information content (AvgIpc) is 2.80. The monoisotopic (exact) mass is 463 g/mol. The second kappa shape index (κ2) is 7.45. The number of fused-ring (bicyclic) bond motifs is 2. The van der Waals surface area contributed by atoms with Crippen molar-refractivity contribution in [3.63, 3.8) is 0 Å². The fourth-order valence-corrected chi connectivity index (χ4v) is 5.51. The summed E-state index contributed by atoms with van der Waals surface area (Å²) in [5.41, 5.74) is -0.605. The molecule has 0 spiro atoms. The summed E-state index contributed by atoms with van der Waals surface area (Å²) in [6.07, 6.45) is 0. The number of sulfonamides is 1. The van der Waals surface area contributed by atoms with E-state index in [4.69, 9.17) is 4.74 Å². The van der Waals surface area contributed by atoms with Crippen LogP contribution in [0.2, 0.25) is 0 Å². The highest BCUT2D eigenvalue weighted by Gasteiger charge is 2.40. The number of hydrogen-bond acceptors (Lipinski definition) is 6. The topological polar surface area (TPSA) is 119 Å². The number of carbonyl (C=O) groups excluding carboxylic acids is 1. The van der Waals surface area contributed by atoms with Gasteiger partial charge in [-0.2, -0.15) is 0 Å². The van der Waals surface area contributed by atoms with E-state index in [1.165, 1.54) is 43.3 Å². The van der Waals surface area contributed by atoms with Gasteiger partial charge in [0, 0.05) is 0 Å². The molecule has 166 valence electrons. The Kier molecular flexibility index (Phi) is 4.68. The van der Waals surface area contributed by atoms with E-state index in [1.54, 1.807) is 36.4 Å². The van der Waals surface area contributed by atoms with Gasteiger partial charge < -0.3 is 9.72 Å². The van der Waals surface area contributed by atoms with Crippen LogP contribution in [0.15, 0.2) is 87.3 Å². The molecule has 1 N–H and O–H groups in total. The summed E-state index contributed by atoms with van der Waals surface area (Å²) < 4.78 is 34.3. The highest BCUT2D eigenvalue weighted by Crippen LogP contribution is 2.38. The van der Waals surface area contributed by atoms with Crippen LogP contribution in [0.5, 0.6) is 5.75 Å². The van der Waals surface area contributed by atoms with Crippen molar-refractivity contribution in [2.45, 2.75) is 17.9 Å². The molecule has 10 heteroatoms. The van der Waals surface area contributed by atoms with E-state index in [2.05, 4.69) is 4.98 Å². The van der Waals surface area contributed by atoms with Crippen molar-refractivity contribution in [1.82, 2.24) is 9.55 Å². The molecule has 0 saturated heterocycles. The van der Waals surface area contributed by atoms with Crippen molar-refractivity contribution in [3.8, 4) is 11.4 Å². The van der Waals surface area contributed by atoms with Gasteiger partial charge in [-0.25, -0.2) is 26.9 Å². The van der Waals surface area contributed by atoms with E-state index in [9.17, 15) is 22.8 Å². The fourth-order valence-electron chi connectivity index (χ4n) is 3.85. The highest BCUT2D eigenvalue weighted by molar-refractivity contribution is 7.93. The van der Waals surface area contributed by atoms with E-state index in [0.717, 1.165) is 8.87 Å². The van der Waals surface area contributed by atoms with E-state index >= 15 is 0 Å². The molecule has 4 aromatic rings. The van der Waals surface area contributed by atoms with Crippen LogP contribution in [0.1, 0.15) is 6.92 Å². The average molecular weight is 463 g/mol. The zero-order valence-corrected chi connectivity index (χ0v) is 18.1. The Morgan fingerprint density at radius 1 is 0.909 bits per heavy atom. The first-order chi connectivity index (χ1) is 15.8. The Labute approximate surface area is 187 Å². The lowest BCUT2D eigenvalue weighted by Crippen LogP contribution is -2.48. The molecule has 1 unspecified atom stereocenters. The summed E-state index contributed by atoms with van der Waals surface area (Å²) in [7, 11) is -4.25. The summed E-state index contributed by atoms with van der Waals surface area (Å²) in [5.74, 6) is -0.585. The molecule has 0 radical (unpaired) electrons. The van der Waals surface area contributed by atoms with Crippen LogP contribution < -0.4 is 20.3 Å². The van der Waals surface area contributed by atoms with E-state index in [0.29, 0.717) is 5.52 Å². The van der Waals surface area contributed by atoms with Crippen molar-refractivity contribution in [2.24, 2.45) is 0 Å². The van der Waals surface area contributed by atoms with Crippen molar-refractivity contribution in [2.75, 3.05) is 4.31 Å². The Balaban J connectivity index is 1.68. The SMILES string of the molecule is CC1C(=O)Oc2ccccc2N1S(=O)(=O)c1cccc(-n2c(=O)[nH]c3ccccc3c2=O)c1. The van der Waals surface area contributed by atoms with E-state index < -0.39 is 33.3 Å². The Bertz CT molecular complexity index is 1650. The smallest absolute Gasteiger partial charge is 0.335 e. The van der Waals surface area contributed by atoms with Gasteiger partial charge in [0.05, 0.1) is 27.2 Å². The van der Waals surface area contributed by atoms with E-state index in [-0.39, 0.29) is 27.4 Å². The molecule has 0 fully saturated rings. The number of anilines is 1. The van der Waals surface area contributed by atoms with Crippen LogP contribution in [0.25, 0.3) is 16.6 Å². The lowest BCUT2D eigenvalue weighted by Gasteiger charge is -2.34. The second-order valence-corrected chi connectivity index (χ2v) is 9.29. The Morgan fingerprint density at radius 2 is 1.64 bits per heavy atom. The number of rotatable bonds is 3. The number of ether oxygens (including phenoxy) is 1. The number of carbonyl (C=O) groups is 1. The third kappa shape index (κ3) is 3.23. The Morgan fingerprint density at radius 3 is 2.45 bits per heavy atom. The number of H-pyrrole nitrogens is 1. The molecule has 0 saturated carbocycles. The number of benzene rings is 3. The minimum atomic E-state index is -4.25. The predicted octanol–water partition coefficient (Wildman–Crippen LogP) is 2.18. The lowest BCUT2D eigenvalue weighted by molar-refractivity contribution is -0.135. The Hall–Kier alpha value is -4.18. The second-order valence-electron chi connectivity index (χ2n) is 7.48. The third-order valence-corrected chi connectivity index (χ3v) is 7.32. The van der Waals surface area contributed by atoms with Crippen molar-refractivity contribution in [1.29, 1.82) is 0 Å². The van der Waals surface area contributed by atoms with Crippen LogP contribution in [-0.4, -0.2) is 30.0 Å². The van der Waals surface area contributed by atoms with Gasteiger partial charge in [0.1, 0.15) is 6.04 Å². The number of nitrogens with zero attached hydrogens (tertiary/aromatic N) is 2. The van der Waals surface area contributed by atoms with Crippen LogP contribution in [-0.2, 0) is 14.8 Å². The van der Waals surface area contributed by atoms with Gasteiger partial charge in [0.2, 0.25) is 0 Å². The molecular formula is C23H17N3O6S. The van der Waals surface area contributed by atoms with Crippen LogP contribution >= 0.6 is 0 Å². The molecule has 3 aromatic carbocycles. The molecule has 1 atom stereocenters. The maximum atomic E-state index is 13.6. The highest BCUT2D eigenvalue weighted by atomic mass is 32.2. The number of para-hydroxylation sites is 3. The molecule has 2 heterocycles. The van der Waals surface area contributed by atoms with Crippen molar-refractivity contribution >= 4 is 32.6 Å². The zero-order chi connectivity index (χ0) is 23.3. The third-order valence-electron chi connectivity index (χ3n) is 5.44. The van der Waals surface area contributed by atoms with Gasteiger partial charge in [-0.05, 0) is 49.4 Å². The van der Waals surface area contributed by atoms with Gasteiger partial charge in [0.25, 0.3) is 15.6 Å². The summed E-state index contributed by atoms with van der Waals surface area (Å²) >= 11 is 0. The van der Waals surface area contributed by atoms with Gasteiger partial charge in [-0.1, -0.05) is 30.3 Å². The first-order valence-corrected chi connectivity index (χ1v) is 11.4. The number of aromatic amines is 1. The molecule has 0 amide bonds. The van der Waals surface area contributed by atoms with Crippen molar-refractivity contribution in [3.05, 3.63) is 93.6 Å². The molecule has 0 aliphatic carbocycles. The van der Waals surface area contributed by atoms with Gasteiger partial charge in [-0.15, -0.1) is 0 Å². The minimum absolute atomic E-state index is 0.0774. The summed E-state index contributed by atoms with van der Waals surface area (Å²) in [6, 6.07) is 17.2. The lowest BCUT2D eigenvalue weighted by atomic mass is 10.2. The molecule has 1 aliphatic heterocycles. The zero-order valence-electron chi connectivity index (χ0n) is 17.3. The van der Waals surface area contributed by atoms with Gasteiger partial charge in [0.15, 0.2) is 5.75 Å². The molecule has 33 heavy (non-hydrogen) atoms. The molecular weight excluding hydrogens is 446 g/mol. The first kappa shape index (κ1) is 20.7. The molecule has 1 aliphatic rings.